The molecule has 0 bridgehead atoms. The van der Waals surface area contributed by atoms with Crippen LogP contribution in [0.3, 0.4) is 0 Å². The third-order valence-corrected chi connectivity index (χ3v) is 2.98. The largest absolute Gasteiger partial charge is 0.364 e. The molecule has 3 heteroatoms. The van der Waals surface area contributed by atoms with E-state index in [0.29, 0.717) is 0 Å². The monoisotopic (exact) mass is 204 g/mol. The summed E-state index contributed by atoms with van der Waals surface area (Å²) in [5.41, 5.74) is 0. The summed E-state index contributed by atoms with van der Waals surface area (Å²) in [6, 6.07) is 4.36. The fraction of sp³-hybridized carbons (Fsp3) is 0.182. The van der Waals surface area contributed by atoms with E-state index in [2.05, 4.69) is 35.2 Å². The van der Waals surface area contributed by atoms with E-state index in [0.717, 1.165) is 5.82 Å². The number of hydrogen-bond donors (Lipinski definition) is 1. The maximum atomic E-state index is 4.31. The van der Waals surface area contributed by atoms with Gasteiger partial charge in [0.2, 0.25) is 0 Å². The Balaban J connectivity index is 2.41. The van der Waals surface area contributed by atoms with Gasteiger partial charge >= 0.3 is 0 Å². The second-order valence-electron chi connectivity index (χ2n) is 3.16. The van der Waals surface area contributed by atoms with Crippen molar-refractivity contribution >= 4 is 27.2 Å². The summed E-state index contributed by atoms with van der Waals surface area (Å²) in [5, 5.41) is 6.56. The van der Waals surface area contributed by atoms with Gasteiger partial charge in [0.1, 0.15) is 5.82 Å². The number of pyridine rings is 1. The van der Waals surface area contributed by atoms with E-state index in [1.807, 2.05) is 18.3 Å². The third kappa shape index (κ3) is 1.63. The minimum Gasteiger partial charge on any atom is -0.364 e. The Hall–Kier alpha value is -1.35. The van der Waals surface area contributed by atoms with Gasteiger partial charge in [-0.2, -0.15) is 0 Å². The first-order chi connectivity index (χ1) is 6.81. The molecule has 0 aliphatic carbocycles. The van der Waals surface area contributed by atoms with E-state index in [-0.39, 0.29) is 6.04 Å². The normalized spacial score (nSPS) is 12.6. The van der Waals surface area contributed by atoms with Gasteiger partial charge in [0, 0.05) is 22.3 Å². The van der Waals surface area contributed by atoms with E-state index < -0.39 is 0 Å². The minimum absolute atomic E-state index is 0.244. The van der Waals surface area contributed by atoms with Crippen LogP contribution < -0.4 is 5.32 Å². The highest BCUT2D eigenvalue weighted by Crippen LogP contribution is 2.25. The Morgan fingerprint density at radius 2 is 2.43 bits per heavy atom. The lowest BCUT2D eigenvalue weighted by molar-refractivity contribution is 0.989. The summed E-state index contributed by atoms with van der Waals surface area (Å²) in [7, 11) is 0. The Labute approximate surface area is 87.3 Å². The van der Waals surface area contributed by atoms with Gasteiger partial charge in [-0.15, -0.1) is 17.9 Å². The van der Waals surface area contributed by atoms with Crippen molar-refractivity contribution in [3.63, 3.8) is 0 Å². The van der Waals surface area contributed by atoms with Crippen LogP contribution in [-0.4, -0.2) is 11.0 Å². The fourth-order valence-corrected chi connectivity index (χ4v) is 2.07. The molecule has 2 heterocycles. The molecule has 2 aromatic heterocycles. The number of aromatic nitrogens is 1. The highest BCUT2D eigenvalue weighted by Gasteiger charge is 2.04. The maximum absolute atomic E-state index is 4.31. The highest BCUT2D eigenvalue weighted by molar-refractivity contribution is 7.17. The molecule has 72 valence electrons. The molecule has 2 aromatic rings. The maximum Gasteiger partial charge on any atom is 0.135 e. The van der Waals surface area contributed by atoms with Crippen LogP contribution >= 0.6 is 11.3 Å². The molecule has 1 N–H and O–H groups in total. The smallest absolute Gasteiger partial charge is 0.135 e. The molecule has 0 radical (unpaired) electrons. The van der Waals surface area contributed by atoms with Gasteiger partial charge in [-0.25, -0.2) is 4.98 Å². The predicted molar refractivity (Wildman–Crippen MR) is 62.9 cm³/mol. The van der Waals surface area contributed by atoms with Gasteiger partial charge in [0.15, 0.2) is 0 Å². The molecule has 0 fully saturated rings. The number of nitrogens with one attached hydrogen (secondary N) is 1. The first-order valence-electron chi connectivity index (χ1n) is 4.52. The van der Waals surface area contributed by atoms with E-state index in [1.54, 1.807) is 11.3 Å². The lowest BCUT2D eigenvalue weighted by atomic mass is 10.3. The number of thiophene rings is 1. The molecule has 2 rings (SSSR count). The van der Waals surface area contributed by atoms with Crippen molar-refractivity contribution in [2.75, 3.05) is 5.32 Å². The first kappa shape index (κ1) is 9.21. The van der Waals surface area contributed by atoms with E-state index >= 15 is 0 Å². The zero-order valence-electron chi connectivity index (χ0n) is 8.03. The van der Waals surface area contributed by atoms with E-state index in [9.17, 15) is 0 Å². The van der Waals surface area contributed by atoms with Crippen LogP contribution in [0.2, 0.25) is 0 Å². The van der Waals surface area contributed by atoms with Crippen molar-refractivity contribution < 1.29 is 0 Å². The Bertz CT molecular complexity index is 447. The molecule has 0 amide bonds. The van der Waals surface area contributed by atoms with Crippen molar-refractivity contribution in [1.29, 1.82) is 0 Å². The van der Waals surface area contributed by atoms with Crippen LogP contribution in [0, 0.1) is 0 Å². The molecule has 0 saturated carbocycles. The minimum atomic E-state index is 0.244. The first-order valence-corrected chi connectivity index (χ1v) is 5.40. The molecule has 1 unspecified atom stereocenters. The average Bonchev–Trinajstić information content (AvgIpc) is 2.66. The van der Waals surface area contributed by atoms with Crippen molar-refractivity contribution in [2.45, 2.75) is 13.0 Å². The predicted octanol–water partition coefficient (Wildman–Crippen LogP) is 3.28. The van der Waals surface area contributed by atoms with Gasteiger partial charge in [-0.3, -0.25) is 0 Å². The van der Waals surface area contributed by atoms with Crippen LogP contribution in [-0.2, 0) is 0 Å². The molecule has 14 heavy (non-hydrogen) atoms. The second-order valence-corrected chi connectivity index (χ2v) is 4.11. The van der Waals surface area contributed by atoms with E-state index in [1.165, 1.54) is 10.1 Å². The van der Waals surface area contributed by atoms with Crippen LogP contribution in [0.4, 0.5) is 5.82 Å². The van der Waals surface area contributed by atoms with Crippen LogP contribution in [0.15, 0.2) is 36.4 Å². The molecule has 1 atom stereocenters. The average molecular weight is 204 g/mol. The molecule has 0 spiro atoms. The van der Waals surface area contributed by atoms with Crippen molar-refractivity contribution in [3.8, 4) is 0 Å². The summed E-state index contributed by atoms with van der Waals surface area (Å²) in [4.78, 5) is 4.31. The van der Waals surface area contributed by atoms with E-state index in [4.69, 9.17) is 0 Å². The molecule has 0 saturated heterocycles. The van der Waals surface area contributed by atoms with Crippen LogP contribution in [0.5, 0.6) is 0 Å². The summed E-state index contributed by atoms with van der Waals surface area (Å²) in [6.07, 6.45) is 3.70. The quantitative estimate of drug-likeness (QED) is 0.776. The molecule has 2 nitrogen and oxygen atoms in total. The second kappa shape index (κ2) is 3.80. The zero-order valence-corrected chi connectivity index (χ0v) is 8.84. The van der Waals surface area contributed by atoms with Crippen molar-refractivity contribution in [3.05, 3.63) is 36.4 Å². The molecule has 0 aliphatic rings. The van der Waals surface area contributed by atoms with Crippen molar-refractivity contribution in [2.24, 2.45) is 0 Å². The van der Waals surface area contributed by atoms with Crippen LogP contribution in [0.25, 0.3) is 10.1 Å². The zero-order chi connectivity index (χ0) is 9.97. The number of rotatable bonds is 3. The number of hydrogen-bond acceptors (Lipinski definition) is 3. The molecule has 0 aromatic carbocycles. The number of anilines is 1. The molecular weight excluding hydrogens is 192 g/mol. The van der Waals surface area contributed by atoms with Crippen molar-refractivity contribution in [1.82, 2.24) is 4.98 Å². The summed E-state index contributed by atoms with van der Waals surface area (Å²) >= 11 is 1.73. The summed E-state index contributed by atoms with van der Waals surface area (Å²) in [6.45, 7) is 5.79. The Kier molecular flexibility index (Phi) is 2.50. The third-order valence-electron chi connectivity index (χ3n) is 2.10. The lowest BCUT2D eigenvalue weighted by Gasteiger charge is -2.10. The summed E-state index contributed by atoms with van der Waals surface area (Å²) in [5.74, 6) is 0.941. The number of fused-ring (bicyclic) bond motifs is 1. The fourth-order valence-electron chi connectivity index (χ4n) is 1.28. The Morgan fingerprint density at radius 3 is 3.21 bits per heavy atom. The van der Waals surface area contributed by atoms with Gasteiger partial charge in [-0.1, -0.05) is 6.08 Å². The lowest BCUT2D eigenvalue weighted by Crippen LogP contribution is -2.12. The molecule has 0 aliphatic heterocycles. The van der Waals surface area contributed by atoms with Gasteiger partial charge in [0.25, 0.3) is 0 Å². The standard InChI is InChI=1S/C11H12N2S/c1-3-8(2)13-11-9-5-7-14-10(9)4-6-12-11/h3-8H,1H2,2H3,(H,12,13). The number of nitrogens with zero attached hydrogens (tertiary/aromatic N) is 1. The SMILES string of the molecule is C=CC(C)Nc1nccc2sccc12. The van der Waals surface area contributed by atoms with Crippen LogP contribution in [0.1, 0.15) is 6.92 Å². The summed E-state index contributed by atoms with van der Waals surface area (Å²) < 4.78 is 1.26. The highest BCUT2D eigenvalue weighted by atomic mass is 32.1. The Morgan fingerprint density at radius 1 is 1.57 bits per heavy atom. The molecular formula is C11H12N2S. The van der Waals surface area contributed by atoms with Gasteiger partial charge < -0.3 is 5.32 Å². The van der Waals surface area contributed by atoms with Gasteiger partial charge in [-0.05, 0) is 24.4 Å². The topological polar surface area (TPSA) is 24.9 Å². The van der Waals surface area contributed by atoms with Gasteiger partial charge in [0.05, 0.1) is 0 Å².